The molecule has 1 saturated carbocycles. The summed E-state index contributed by atoms with van der Waals surface area (Å²) in [5, 5.41) is 7.54. The summed E-state index contributed by atoms with van der Waals surface area (Å²) in [5.41, 5.74) is 1.22. The molecule has 1 heterocycles. The van der Waals surface area contributed by atoms with Gasteiger partial charge in [-0.1, -0.05) is 19.4 Å². The second kappa shape index (κ2) is 4.42. The third-order valence-corrected chi connectivity index (χ3v) is 2.60. The molecular weight excluding hydrogens is 174 g/mol. The number of aromatic nitrogens is 2. The molecule has 1 aliphatic carbocycles. The molecule has 0 spiro atoms. The summed E-state index contributed by atoms with van der Waals surface area (Å²) in [6.07, 6.45) is 9.79. The minimum Gasteiger partial charge on any atom is -0.313 e. The van der Waals surface area contributed by atoms with Gasteiger partial charge in [-0.2, -0.15) is 5.10 Å². The van der Waals surface area contributed by atoms with E-state index in [0.717, 1.165) is 19.0 Å². The average Bonchev–Trinajstić information content (AvgIpc) is 2.91. The maximum atomic E-state index is 4.12. The van der Waals surface area contributed by atoms with Crippen LogP contribution >= 0.6 is 0 Å². The van der Waals surface area contributed by atoms with Gasteiger partial charge in [0.25, 0.3) is 0 Å². The molecule has 1 aliphatic rings. The predicted octanol–water partition coefficient (Wildman–Crippen LogP) is 1.87. The second-order valence-electron chi connectivity index (χ2n) is 3.92. The zero-order chi connectivity index (χ0) is 9.80. The maximum absolute atomic E-state index is 4.12. The van der Waals surface area contributed by atoms with Gasteiger partial charge in [0.2, 0.25) is 0 Å². The van der Waals surface area contributed by atoms with E-state index in [0.29, 0.717) is 0 Å². The molecule has 14 heavy (non-hydrogen) atoms. The maximum Gasteiger partial charge on any atom is 0.0538 e. The van der Waals surface area contributed by atoms with Crippen molar-refractivity contribution in [3.05, 3.63) is 24.5 Å². The molecule has 0 amide bonds. The molecule has 3 heteroatoms. The molecule has 3 nitrogen and oxygen atoms in total. The van der Waals surface area contributed by atoms with E-state index in [1.165, 1.54) is 24.8 Å². The third-order valence-electron chi connectivity index (χ3n) is 2.60. The Kier molecular flexibility index (Phi) is 2.99. The van der Waals surface area contributed by atoms with Gasteiger partial charge >= 0.3 is 0 Å². The smallest absolute Gasteiger partial charge is 0.0538 e. The third kappa shape index (κ3) is 2.70. The SMILES string of the molecule is C=Cn1cc(CNCCC2CC2)cn1. The molecule has 0 radical (unpaired) electrons. The fourth-order valence-electron chi connectivity index (χ4n) is 1.51. The van der Waals surface area contributed by atoms with Crippen molar-refractivity contribution in [3.63, 3.8) is 0 Å². The van der Waals surface area contributed by atoms with Gasteiger partial charge in [-0.3, -0.25) is 0 Å². The molecule has 0 saturated heterocycles. The summed E-state index contributed by atoms with van der Waals surface area (Å²) in [5.74, 6) is 1.01. The van der Waals surface area contributed by atoms with Crippen molar-refractivity contribution in [1.29, 1.82) is 0 Å². The molecule has 1 aromatic rings. The zero-order valence-corrected chi connectivity index (χ0v) is 8.45. The molecule has 0 aliphatic heterocycles. The Hall–Kier alpha value is -1.09. The van der Waals surface area contributed by atoms with E-state index >= 15 is 0 Å². The predicted molar refractivity (Wildman–Crippen MR) is 57.7 cm³/mol. The Labute approximate surface area is 84.8 Å². The van der Waals surface area contributed by atoms with Crippen LogP contribution in [0.5, 0.6) is 0 Å². The number of hydrogen-bond donors (Lipinski definition) is 1. The van der Waals surface area contributed by atoms with Crippen molar-refractivity contribution in [2.24, 2.45) is 5.92 Å². The van der Waals surface area contributed by atoms with Crippen molar-refractivity contribution in [1.82, 2.24) is 15.1 Å². The lowest BCUT2D eigenvalue weighted by Crippen LogP contribution is -2.14. The van der Waals surface area contributed by atoms with Crippen molar-refractivity contribution < 1.29 is 0 Å². The minimum absolute atomic E-state index is 0.917. The van der Waals surface area contributed by atoms with Gasteiger partial charge < -0.3 is 5.32 Å². The van der Waals surface area contributed by atoms with Crippen LogP contribution in [0.3, 0.4) is 0 Å². The van der Waals surface area contributed by atoms with Crippen LogP contribution in [0.4, 0.5) is 0 Å². The van der Waals surface area contributed by atoms with Crippen LogP contribution < -0.4 is 5.32 Å². The molecule has 0 atom stereocenters. The van der Waals surface area contributed by atoms with Crippen molar-refractivity contribution in [2.45, 2.75) is 25.8 Å². The largest absolute Gasteiger partial charge is 0.313 e. The monoisotopic (exact) mass is 191 g/mol. The molecular formula is C11H17N3. The highest BCUT2D eigenvalue weighted by molar-refractivity contribution is 5.17. The first-order valence-corrected chi connectivity index (χ1v) is 5.25. The van der Waals surface area contributed by atoms with Gasteiger partial charge in [-0.15, -0.1) is 0 Å². The second-order valence-corrected chi connectivity index (χ2v) is 3.92. The lowest BCUT2D eigenvalue weighted by molar-refractivity contribution is 0.613. The van der Waals surface area contributed by atoms with Crippen LogP contribution in [-0.4, -0.2) is 16.3 Å². The molecule has 1 fully saturated rings. The molecule has 1 N–H and O–H groups in total. The summed E-state index contributed by atoms with van der Waals surface area (Å²) < 4.78 is 1.73. The Morgan fingerprint density at radius 3 is 3.14 bits per heavy atom. The normalized spacial score (nSPS) is 15.7. The number of hydrogen-bond acceptors (Lipinski definition) is 2. The summed E-state index contributed by atoms with van der Waals surface area (Å²) in [6.45, 7) is 5.70. The zero-order valence-electron chi connectivity index (χ0n) is 8.45. The van der Waals surface area contributed by atoms with E-state index in [1.54, 1.807) is 10.9 Å². The first-order chi connectivity index (χ1) is 6.88. The topological polar surface area (TPSA) is 29.9 Å². The molecule has 2 rings (SSSR count). The lowest BCUT2D eigenvalue weighted by atomic mass is 10.3. The van der Waals surface area contributed by atoms with E-state index in [-0.39, 0.29) is 0 Å². The van der Waals surface area contributed by atoms with Gasteiger partial charge in [-0.25, -0.2) is 4.68 Å². The highest BCUT2D eigenvalue weighted by Crippen LogP contribution is 2.31. The Balaban J connectivity index is 1.65. The summed E-state index contributed by atoms with van der Waals surface area (Å²) in [4.78, 5) is 0. The molecule has 0 aromatic carbocycles. The van der Waals surface area contributed by atoms with Gasteiger partial charge in [0.15, 0.2) is 0 Å². The number of rotatable bonds is 6. The Morgan fingerprint density at radius 2 is 2.50 bits per heavy atom. The molecule has 76 valence electrons. The van der Waals surface area contributed by atoms with Crippen molar-refractivity contribution >= 4 is 6.20 Å². The van der Waals surface area contributed by atoms with Crippen LogP contribution in [0.1, 0.15) is 24.8 Å². The highest BCUT2D eigenvalue weighted by Gasteiger charge is 2.19. The van der Waals surface area contributed by atoms with Crippen LogP contribution in [0.25, 0.3) is 6.20 Å². The summed E-state index contributed by atoms with van der Waals surface area (Å²) in [7, 11) is 0. The Morgan fingerprint density at radius 1 is 1.64 bits per heavy atom. The summed E-state index contributed by atoms with van der Waals surface area (Å²) >= 11 is 0. The Bertz CT molecular complexity index is 299. The van der Waals surface area contributed by atoms with E-state index in [9.17, 15) is 0 Å². The fourth-order valence-corrected chi connectivity index (χ4v) is 1.51. The standard InChI is InChI=1S/C11H17N3/c1-2-14-9-11(8-13-14)7-12-6-5-10-3-4-10/h2,8-10,12H,1,3-7H2. The van der Waals surface area contributed by atoms with Crippen molar-refractivity contribution in [2.75, 3.05) is 6.54 Å². The number of nitrogens with one attached hydrogen (secondary N) is 1. The van der Waals surface area contributed by atoms with Crippen LogP contribution in [0.15, 0.2) is 19.0 Å². The minimum atomic E-state index is 0.917. The lowest BCUT2D eigenvalue weighted by Gasteiger charge is -2.00. The van der Waals surface area contributed by atoms with Crippen LogP contribution in [-0.2, 0) is 6.54 Å². The van der Waals surface area contributed by atoms with E-state index < -0.39 is 0 Å². The molecule has 1 aromatic heterocycles. The quantitative estimate of drug-likeness (QED) is 0.696. The van der Waals surface area contributed by atoms with Crippen LogP contribution in [0.2, 0.25) is 0 Å². The first kappa shape index (κ1) is 9.46. The van der Waals surface area contributed by atoms with Crippen LogP contribution in [0, 0.1) is 5.92 Å². The first-order valence-electron chi connectivity index (χ1n) is 5.25. The van der Waals surface area contributed by atoms with E-state index in [1.807, 2.05) is 12.4 Å². The molecule has 0 unspecified atom stereocenters. The van der Waals surface area contributed by atoms with E-state index in [4.69, 9.17) is 0 Å². The van der Waals surface area contributed by atoms with Gasteiger partial charge in [0.1, 0.15) is 0 Å². The van der Waals surface area contributed by atoms with Crippen molar-refractivity contribution in [3.8, 4) is 0 Å². The van der Waals surface area contributed by atoms with Gasteiger partial charge in [-0.05, 0) is 18.9 Å². The summed E-state index contributed by atoms with van der Waals surface area (Å²) in [6, 6.07) is 0. The van der Waals surface area contributed by atoms with Gasteiger partial charge in [0.05, 0.1) is 6.20 Å². The fraction of sp³-hybridized carbons (Fsp3) is 0.545. The van der Waals surface area contributed by atoms with Gasteiger partial charge in [0, 0.05) is 24.5 Å². The highest BCUT2D eigenvalue weighted by atomic mass is 15.2. The number of nitrogens with zero attached hydrogens (tertiary/aromatic N) is 2. The molecule has 0 bridgehead atoms. The average molecular weight is 191 g/mol. The van der Waals surface area contributed by atoms with E-state index in [2.05, 4.69) is 17.0 Å².